The second-order valence-corrected chi connectivity index (χ2v) is 7.20. The Labute approximate surface area is 163 Å². The average molecular weight is 382 g/mol. The van der Waals surface area contributed by atoms with Crippen LogP contribution in [0.3, 0.4) is 0 Å². The summed E-state index contributed by atoms with van der Waals surface area (Å²) in [5, 5.41) is 5.54. The van der Waals surface area contributed by atoms with Crippen molar-refractivity contribution in [2.24, 2.45) is 0 Å². The summed E-state index contributed by atoms with van der Waals surface area (Å²) in [6.07, 6.45) is 5.85. The summed E-state index contributed by atoms with van der Waals surface area (Å²) in [6.45, 7) is 5.57. The van der Waals surface area contributed by atoms with Crippen LogP contribution in [0.4, 0.5) is 0 Å². The van der Waals surface area contributed by atoms with Crippen molar-refractivity contribution in [3.8, 4) is 22.5 Å². The third kappa shape index (κ3) is 4.55. The van der Waals surface area contributed by atoms with E-state index in [0.717, 1.165) is 67.1 Å². The Hall–Kier alpha value is -2.22. The molecule has 0 unspecified atom stereocenters. The highest BCUT2D eigenvalue weighted by Crippen LogP contribution is 2.25. The van der Waals surface area contributed by atoms with Gasteiger partial charge in [0.05, 0.1) is 31.1 Å². The zero-order chi connectivity index (χ0) is 18.5. The monoisotopic (exact) mass is 381 g/mol. The molecule has 1 aliphatic rings. The molecule has 0 bridgehead atoms. The highest BCUT2D eigenvalue weighted by Gasteiger charge is 2.11. The topological polar surface area (TPSA) is 56.1 Å². The summed E-state index contributed by atoms with van der Waals surface area (Å²) in [4.78, 5) is 11.3. The highest BCUT2D eigenvalue weighted by atomic mass is 32.2. The van der Waals surface area contributed by atoms with Crippen LogP contribution in [-0.2, 0) is 11.3 Å². The average Bonchev–Trinajstić information content (AvgIpc) is 3.22. The van der Waals surface area contributed by atoms with E-state index < -0.39 is 0 Å². The van der Waals surface area contributed by atoms with Crippen molar-refractivity contribution in [2.75, 3.05) is 39.1 Å². The number of morpholine rings is 1. The van der Waals surface area contributed by atoms with Crippen molar-refractivity contribution in [3.63, 3.8) is 0 Å². The third-order valence-electron chi connectivity index (χ3n) is 4.66. The zero-order valence-electron chi connectivity index (χ0n) is 15.4. The predicted octanol–water partition coefficient (Wildman–Crippen LogP) is 3.06. The van der Waals surface area contributed by atoms with Crippen molar-refractivity contribution < 1.29 is 4.74 Å². The van der Waals surface area contributed by atoms with E-state index in [-0.39, 0.29) is 0 Å². The van der Waals surface area contributed by atoms with Crippen LogP contribution in [0.2, 0.25) is 0 Å². The summed E-state index contributed by atoms with van der Waals surface area (Å²) in [5.74, 6) is 0. The van der Waals surface area contributed by atoms with Crippen LogP contribution in [0.1, 0.15) is 0 Å². The molecular weight excluding hydrogens is 358 g/mol. The quantitative estimate of drug-likeness (QED) is 0.483. The lowest BCUT2D eigenvalue weighted by Gasteiger charge is -2.26. The standard InChI is InChI=1S/C20H23N5OS/c1-27-20-21-7-5-18(22-20)16-3-2-4-17(15-16)19-6-8-25(23-19)10-9-24-11-13-26-14-12-24/h2-8,15H,9-14H2,1H3. The largest absolute Gasteiger partial charge is 0.379 e. The van der Waals surface area contributed by atoms with Gasteiger partial charge >= 0.3 is 0 Å². The maximum absolute atomic E-state index is 5.40. The van der Waals surface area contributed by atoms with E-state index in [0.29, 0.717) is 0 Å². The highest BCUT2D eigenvalue weighted by molar-refractivity contribution is 7.98. The molecule has 3 heterocycles. The van der Waals surface area contributed by atoms with E-state index in [1.807, 2.05) is 17.0 Å². The third-order valence-corrected chi connectivity index (χ3v) is 5.22. The normalized spacial score (nSPS) is 15.1. The molecule has 0 radical (unpaired) electrons. The van der Waals surface area contributed by atoms with Crippen molar-refractivity contribution >= 4 is 11.8 Å². The van der Waals surface area contributed by atoms with Gasteiger partial charge in [0.2, 0.25) is 0 Å². The molecule has 7 heteroatoms. The molecular formula is C20H23N5OS. The molecule has 0 N–H and O–H groups in total. The van der Waals surface area contributed by atoms with Crippen LogP contribution in [0.5, 0.6) is 0 Å². The SMILES string of the molecule is CSc1nccc(-c2cccc(-c3ccn(CCN4CCOCC4)n3)c2)n1. The van der Waals surface area contributed by atoms with Gasteiger partial charge in [-0.05, 0) is 24.5 Å². The molecule has 4 rings (SSSR count). The van der Waals surface area contributed by atoms with E-state index in [9.17, 15) is 0 Å². The molecule has 1 aliphatic heterocycles. The number of thioether (sulfide) groups is 1. The van der Waals surface area contributed by atoms with E-state index in [2.05, 4.69) is 51.4 Å². The van der Waals surface area contributed by atoms with Crippen molar-refractivity contribution in [1.82, 2.24) is 24.6 Å². The van der Waals surface area contributed by atoms with Crippen LogP contribution in [0.15, 0.2) is 53.9 Å². The summed E-state index contributed by atoms with van der Waals surface area (Å²) < 4.78 is 7.42. The molecule has 27 heavy (non-hydrogen) atoms. The Morgan fingerprint density at radius 2 is 1.85 bits per heavy atom. The Balaban J connectivity index is 1.48. The Bertz CT molecular complexity index is 891. The Morgan fingerprint density at radius 3 is 2.67 bits per heavy atom. The smallest absolute Gasteiger partial charge is 0.187 e. The number of rotatable bonds is 6. The maximum Gasteiger partial charge on any atom is 0.187 e. The number of benzene rings is 1. The van der Waals surface area contributed by atoms with E-state index in [1.165, 1.54) is 0 Å². The fraction of sp³-hybridized carbons (Fsp3) is 0.350. The van der Waals surface area contributed by atoms with Crippen LogP contribution >= 0.6 is 11.8 Å². The number of nitrogens with zero attached hydrogens (tertiary/aromatic N) is 5. The lowest BCUT2D eigenvalue weighted by atomic mass is 10.1. The van der Waals surface area contributed by atoms with Gasteiger partial charge < -0.3 is 4.74 Å². The molecule has 1 fully saturated rings. The van der Waals surface area contributed by atoms with Gasteiger partial charge in [0.25, 0.3) is 0 Å². The van der Waals surface area contributed by atoms with Gasteiger partial charge in [-0.1, -0.05) is 30.0 Å². The molecule has 2 aromatic heterocycles. The van der Waals surface area contributed by atoms with Gasteiger partial charge in [0.1, 0.15) is 0 Å². The fourth-order valence-electron chi connectivity index (χ4n) is 3.15. The van der Waals surface area contributed by atoms with Crippen molar-refractivity contribution in [3.05, 3.63) is 48.8 Å². The molecule has 0 atom stereocenters. The lowest BCUT2D eigenvalue weighted by molar-refractivity contribution is 0.0360. The summed E-state index contributed by atoms with van der Waals surface area (Å²) in [6, 6.07) is 12.4. The lowest BCUT2D eigenvalue weighted by Crippen LogP contribution is -2.38. The summed E-state index contributed by atoms with van der Waals surface area (Å²) in [5.41, 5.74) is 4.09. The van der Waals surface area contributed by atoms with Gasteiger partial charge in [0.15, 0.2) is 5.16 Å². The molecule has 0 aliphatic carbocycles. The second kappa shape index (κ2) is 8.65. The van der Waals surface area contributed by atoms with E-state index in [4.69, 9.17) is 9.84 Å². The molecule has 0 amide bonds. The van der Waals surface area contributed by atoms with Gasteiger partial charge in [-0.3, -0.25) is 9.58 Å². The van der Waals surface area contributed by atoms with Crippen molar-refractivity contribution in [2.45, 2.75) is 11.7 Å². The minimum absolute atomic E-state index is 0.783. The van der Waals surface area contributed by atoms with Gasteiger partial charge in [-0.25, -0.2) is 9.97 Å². The summed E-state index contributed by atoms with van der Waals surface area (Å²) in [7, 11) is 0. The van der Waals surface area contributed by atoms with Crippen LogP contribution in [-0.4, -0.2) is 63.8 Å². The van der Waals surface area contributed by atoms with Gasteiger partial charge in [-0.15, -0.1) is 0 Å². The van der Waals surface area contributed by atoms with E-state index in [1.54, 1.807) is 18.0 Å². The number of aromatic nitrogens is 4. The molecule has 1 saturated heterocycles. The van der Waals surface area contributed by atoms with Gasteiger partial charge in [-0.2, -0.15) is 5.10 Å². The first kappa shape index (κ1) is 18.2. The molecule has 0 saturated carbocycles. The fourth-order valence-corrected chi connectivity index (χ4v) is 3.50. The van der Waals surface area contributed by atoms with Crippen LogP contribution in [0, 0.1) is 0 Å². The number of hydrogen-bond donors (Lipinski definition) is 0. The number of ether oxygens (including phenoxy) is 1. The Morgan fingerprint density at radius 1 is 1.04 bits per heavy atom. The minimum Gasteiger partial charge on any atom is -0.379 e. The molecule has 140 valence electrons. The van der Waals surface area contributed by atoms with Crippen molar-refractivity contribution in [1.29, 1.82) is 0 Å². The first-order chi connectivity index (χ1) is 13.3. The second-order valence-electron chi connectivity index (χ2n) is 6.43. The Kier molecular flexibility index (Phi) is 5.81. The first-order valence-electron chi connectivity index (χ1n) is 9.13. The minimum atomic E-state index is 0.783. The van der Waals surface area contributed by atoms with Crippen LogP contribution < -0.4 is 0 Å². The molecule has 6 nitrogen and oxygen atoms in total. The molecule has 3 aromatic rings. The summed E-state index contributed by atoms with van der Waals surface area (Å²) >= 11 is 1.55. The number of hydrogen-bond acceptors (Lipinski definition) is 6. The maximum atomic E-state index is 5.40. The van der Waals surface area contributed by atoms with E-state index >= 15 is 0 Å². The zero-order valence-corrected chi connectivity index (χ0v) is 16.2. The van der Waals surface area contributed by atoms with Gasteiger partial charge in [0, 0.05) is 43.2 Å². The molecule has 0 spiro atoms. The predicted molar refractivity (Wildman–Crippen MR) is 108 cm³/mol. The molecule has 1 aromatic carbocycles. The first-order valence-corrected chi connectivity index (χ1v) is 10.4. The van der Waals surface area contributed by atoms with Crippen LogP contribution in [0.25, 0.3) is 22.5 Å².